The molecule has 0 aliphatic carbocycles. The van der Waals surface area contributed by atoms with E-state index in [0.29, 0.717) is 12.5 Å². The van der Waals surface area contributed by atoms with Gasteiger partial charge in [0.1, 0.15) is 0 Å². The fourth-order valence-corrected chi connectivity index (χ4v) is 2.06. The summed E-state index contributed by atoms with van der Waals surface area (Å²) in [5, 5.41) is 9.00. The van der Waals surface area contributed by atoms with Crippen molar-refractivity contribution in [2.45, 2.75) is 19.3 Å². The molecule has 12 heavy (non-hydrogen) atoms. The van der Waals surface area contributed by atoms with Crippen LogP contribution in [0, 0.1) is 5.92 Å². The van der Waals surface area contributed by atoms with Crippen molar-refractivity contribution >= 4 is 12.6 Å². The molecule has 72 valence electrons. The van der Waals surface area contributed by atoms with Gasteiger partial charge in [0, 0.05) is 18.9 Å². The van der Waals surface area contributed by atoms with E-state index in [0.717, 1.165) is 25.3 Å². The fourth-order valence-electron chi connectivity index (χ4n) is 1.77. The second kappa shape index (κ2) is 5.84. The van der Waals surface area contributed by atoms with Gasteiger partial charge in [-0.2, -0.15) is 12.6 Å². The quantitative estimate of drug-likeness (QED) is 0.647. The molecule has 0 amide bonds. The lowest BCUT2D eigenvalue weighted by Crippen LogP contribution is -2.26. The summed E-state index contributed by atoms with van der Waals surface area (Å²) in [5.41, 5.74) is 0. The minimum atomic E-state index is 0.370. The van der Waals surface area contributed by atoms with Crippen molar-refractivity contribution in [3.05, 3.63) is 0 Å². The Morgan fingerprint density at radius 2 is 2.17 bits per heavy atom. The first-order chi connectivity index (χ1) is 5.86. The van der Waals surface area contributed by atoms with Crippen LogP contribution in [0.1, 0.15) is 19.3 Å². The molecular weight excluding hydrogens is 170 g/mol. The van der Waals surface area contributed by atoms with Crippen molar-refractivity contribution in [3.8, 4) is 0 Å². The molecule has 1 fully saturated rings. The predicted octanol–water partition coefficient (Wildman–Crippen LogP) is 1.01. The Bertz CT molecular complexity index is 121. The Labute approximate surface area is 80.4 Å². The van der Waals surface area contributed by atoms with Crippen LogP contribution in [-0.4, -0.2) is 42.0 Å². The number of nitrogens with zero attached hydrogens (tertiary/aromatic N) is 1. The van der Waals surface area contributed by atoms with Crippen LogP contribution in [0.5, 0.6) is 0 Å². The van der Waals surface area contributed by atoms with Crippen LogP contribution >= 0.6 is 12.6 Å². The first-order valence-corrected chi connectivity index (χ1v) is 5.44. The third-order valence-corrected chi connectivity index (χ3v) is 2.81. The number of likely N-dealkylation sites (tertiary alicyclic amines) is 1. The minimum Gasteiger partial charge on any atom is -0.396 e. The molecule has 1 rings (SSSR count). The Morgan fingerprint density at radius 3 is 2.83 bits per heavy atom. The second-order valence-corrected chi connectivity index (χ2v) is 3.99. The van der Waals surface area contributed by atoms with Gasteiger partial charge < -0.3 is 10.0 Å². The van der Waals surface area contributed by atoms with E-state index in [1.807, 2.05) is 0 Å². The summed E-state index contributed by atoms with van der Waals surface area (Å²) < 4.78 is 0. The summed E-state index contributed by atoms with van der Waals surface area (Å²) in [5.74, 6) is 1.50. The van der Waals surface area contributed by atoms with Crippen LogP contribution < -0.4 is 0 Å². The van der Waals surface area contributed by atoms with E-state index in [1.54, 1.807) is 0 Å². The van der Waals surface area contributed by atoms with Gasteiger partial charge in [0.15, 0.2) is 0 Å². The zero-order valence-electron chi connectivity index (χ0n) is 7.58. The lowest BCUT2D eigenvalue weighted by Gasteiger charge is -2.18. The Morgan fingerprint density at radius 1 is 1.33 bits per heavy atom. The van der Waals surface area contributed by atoms with Crippen LogP contribution in [0.15, 0.2) is 0 Å². The molecule has 1 N–H and O–H groups in total. The molecule has 1 saturated heterocycles. The van der Waals surface area contributed by atoms with Gasteiger partial charge in [-0.05, 0) is 38.3 Å². The monoisotopic (exact) mass is 189 g/mol. The number of aliphatic hydroxyl groups is 1. The molecule has 1 aliphatic heterocycles. The average molecular weight is 189 g/mol. The summed E-state index contributed by atoms with van der Waals surface area (Å²) in [4.78, 5) is 2.45. The van der Waals surface area contributed by atoms with Gasteiger partial charge in [-0.3, -0.25) is 0 Å². The molecule has 1 heterocycles. The summed E-state index contributed by atoms with van der Waals surface area (Å²) in [7, 11) is 0. The van der Waals surface area contributed by atoms with Gasteiger partial charge in [-0.1, -0.05) is 0 Å². The predicted molar refractivity (Wildman–Crippen MR) is 54.7 cm³/mol. The van der Waals surface area contributed by atoms with Crippen LogP contribution in [0.25, 0.3) is 0 Å². The maximum absolute atomic E-state index is 9.00. The SMILES string of the molecule is OCC1CCCN(CCS)CC1. The summed E-state index contributed by atoms with van der Waals surface area (Å²) >= 11 is 4.22. The first kappa shape index (κ1) is 10.4. The van der Waals surface area contributed by atoms with Gasteiger partial charge in [0.25, 0.3) is 0 Å². The highest BCUT2D eigenvalue weighted by molar-refractivity contribution is 7.80. The van der Waals surface area contributed by atoms with Gasteiger partial charge in [0.2, 0.25) is 0 Å². The van der Waals surface area contributed by atoms with E-state index in [1.165, 1.54) is 19.4 Å². The molecule has 0 aromatic rings. The molecule has 0 radical (unpaired) electrons. The van der Waals surface area contributed by atoms with Crippen LogP contribution in [-0.2, 0) is 0 Å². The lowest BCUT2D eigenvalue weighted by atomic mass is 10.0. The number of hydrogen-bond acceptors (Lipinski definition) is 3. The van der Waals surface area contributed by atoms with Crippen molar-refractivity contribution < 1.29 is 5.11 Å². The van der Waals surface area contributed by atoms with E-state index in [-0.39, 0.29) is 0 Å². The number of aliphatic hydroxyl groups excluding tert-OH is 1. The largest absolute Gasteiger partial charge is 0.396 e. The van der Waals surface area contributed by atoms with Crippen LogP contribution in [0.3, 0.4) is 0 Å². The summed E-state index contributed by atoms with van der Waals surface area (Å²) in [6.45, 7) is 3.80. The van der Waals surface area contributed by atoms with Crippen molar-refractivity contribution in [1.82, 2.24) is 4.90 Å². The van der Waals surface area contributed by atoms with Crippen LogP contribution in [0.2, 0.25) is 0 Å². The molecule has 2 nitrogen and oxygen atoms in total. The molecule has 0 aromatic carbocycles. The molecule has 1 aliphatic rings. The number of hydrogen-bond donors (Lipinski definition) is 2. The molecule has 0 saturated carbocycles. The molecular formula is C9H19NOS. The third kappa shape index (κ3) is 3.33. The van der Waals surface area contributed by atoms with Crippen molar-refractivity contribution in [2.75, 3.05) is 32.0 Å². The topological polar surface area (TPSA) is 23.5 Å². The van der Waals surface area contributed by atoms with E-state index in [9.17, 15) is 0 Å². The van der Waals surface area contributed by atoms with Crippen molar-refractivity contribution in [2.24, 2.45) is 5.92 Å². The molecule has 0 bridgehead atoms. The Balaban J connectivity index is 2.24. The molecule has 0 spiro atoms. The van der Waals surface area contributed by atoms with E-state index >= 15 is 0 Å². The number of rotatable bonds is 3. The van der Waals surface area contributed by atoms with E-state index < -0.39 is 0 Å². The maximum Gasteiger partial charge on any atom is 0.0459 e. The summed E-state index contributed by atoms with van der Waals surface area (Å²) in [6, 6.07) is 0. The molecule has 1 atom stereocenters. The van der Waals surface area contributed by atoms with Gasteiger partial charge in [-0.25, -0.2) is 0 Å². The highest BCUT2D eigenvalue weighted by Crippen LogP contribution is 2.16. The zero-order chi connectivity index (χ0) is 8.81. The standard InChI is InChI=1S/C9H19NOS/c11-8-9-2-1-4-10(5-3-9)6-7-12/h9,11-12H,1-8H2. The smallest absolute Gasteiger partial charge is 0.0459 e. The third-order valence-electron chi connectivity index (χ3n) is 2.61. The fraction of sp³-hybridized carbons (Fsp3) is 1.00. The highest BCUT2D eigenvalue weighted by atomic mass is 32.1. The van der Waals surface area contributed by atoms with Gasteiger partial charge in [0.05, 0.1) is 0 Å². The van der Waals surface area contributed by atoms with Crippen LogP contribution in [0.4, 0.5) is 0 Å². The van der Waals surface area contributed by atoms with Crippen molar-refractivity contribution in [1.29, 1.82) is 0 Å². The van der Waals surface area contributed by atoms with Crippen molar-refractivity contribution in [3.63, 3.8) is 0 Å². The van der Waals surface area contributed by atoms with E-state index in [2.05, 4.69) is 17.5 Å². The minimum absolute atomic E-state index is 0.370. The van der Waals surface area contributed by atoms with E-state index in [4.69, 9.17) is 5.11 Å². The highest BCUT2D eigenvalue weighted by Gasteiger charge is 2.15. The summed E-state index contributed by atoms with van der Waals surface area (Å²) in [6.07, 6.45) is 3.59. The van der Waals surface area contributed by atoms with Gasteiger partial charge in [-0.15, -0.1) is 0 Å². The zero-order valence-corrected chi connectivity index (χ0v) is 8.47. The first-order valence-electron chi connectivity index (χ1n) is 4.81. The normalized spacial score (nSPS) is 27.0. The lowest BCUT2D eigenvalue weighted by molar-refractivity contribution is 0.210. The Kier molecular flexibility index (Phi) is 5.04. The number of thiol groups is 1. The molecule has 0 aromatic heterocycles. The maximum atomic E-state index is 9.00. The van der Waals surface area contributed by atoms with Gasteiger partial charge >= 0.3 is 0 Å². The molecule has 3 heteroatoms. The second-order valence-electron chi connectivity index (χ2n) is 3.54. The Hall–Kier alpha value is 0.270. The molecule has 1 unspecified atom stereocenters. The average Bonchev–Trinajstić information content (AvgIpc) is 2.31.